The molecule has 0 aliphatic carbocycles. The van der Waals surface area contributed by atoms with Gasteiger partial charge in [-0.1, -0.05) is 0 Å². The molecule has 4 nitrogen and oxygen atoms in total. The Balaban J connectivity index is 3.48. The summed E-state index contributed by atoms with van der Waals surface area (Å²) in [4.78, 5) is 23.3. The summed E-state index contributed by atoms with van der Waals surface area (Å²) >= 11 is 5.04. The third-order valence-electron chi connectivity index (χ3n) is 1.54. The molecule has 0 atom stereocenters. The van der Waals surface area contributed by atoms with Crippen LogP contribution in [0.4, 0.5) is 14.5 Å². The summed E-state index contributed by atoms with van der Waals surface area (Å²) < 4.78 is 24.5. The first-order valence-electron chi connectivity index (χ1n) is 3.44. The summed E-state index contributed by atoms with van der Waals surface area (Å²) in [7, 11) is 0. The van der Waals surface area contributed by atoms with Gasteiger partial charge >= 0.3 is 0 Å². The monoisotopic (exact) mass is 222 g/mol. The fourth-order valence-corrected chi connectivity index (χ4v) is 1.08. The number of H-pyrrole nitrogens is 1. The first-order valence-corrected chi connectivity index (χ1v) is 3.82. The number of anilines is 1. The van der Waals surface area contributed by atoms with Gasteiger partial charge in [0, 0.05) is 6.07 Å². The van der Waals surface area contributed by atoms with Gasteiger partial charge < -0.3 is 10.7 Å². The number of aromatic amines is 1. The number of nitrogens with one attached hydrogen (secondary N) is 1. The Kier molecular flexibility index (Phi) is 2.85. The number of hydrogen-bond donors (Lipinski definition) is 2. The molecule has 0 amide bonds. The van der Waals surface area contributed by atoms with E-state index in [4.69, 9.17) is 17.3 Å². The lowest BCUT2D eigenvalue weighted by molar-refractivity contribution is 0.108. The van der Waals surface area contributed by atoms with Crippen molar-refractivity contribution in [3.05, 3.63) is 27.7 Å². The Morgan fingerprint density at radius 1 is 1.57 bits per heavy atom. The fourth-order valence-electron chi connectivity index (χ4n) is 0.925. The maximum absolute atomic E-state index is 12.2. The molecule has 1 aromatic heterocycles. The van der Waals surface area contributed by atoms with Gasteiger partial charge in [0.1, 0.15) is 5.69 Å². The lowest BCUT2D eigenvalue weighted by Gasteiger charge is -2.06. The van der Waals surface area contributed by atoms with Crippen molar-refractivity contribution >= 4 is 22.5 Å². The van der Waals surface area contributed by atoms with Crippen molar-refractivity contribution < 1.29 is 13.6 Å². The van der Waals surface area contributed by atoms with Crippen molar-refractivity contribution in [2.75, 3.05) is 5.73 Å². The highest BCUT2D eigenvalue weighted by Gasteiger charge is 2.18. The molecule has 14 heavy (non-hydrogen) atoms. The Morgan fingerprint density at radius 2 is 2.14 bits per heavy atom. The maximum Gasteiger partial charge on any atom is 0.280 e. The highest BCUT2D eigenvalue weighted by atomic mass is 35.5. The highest BCUT2D eigenvalue weighted by Crippen LogP contribution is 2.24. The van der Waals surface area contributed by atoms with E-state index >= 15 is 0 Å². The van der Waals surface area contributed by atoms with Gasteiger partial charge in [-0.15, -0.1) is 0 Å². The van der Waals surface area contributed by atoms with Crippen LogP contribution in [-0.4, -0.2) is 10.2 Å². The first-order chi connectivity index (χ1) is 6.43. The zero-order valence-electron chi connectivity index (χ0n) is 6.68. The Labute approximate surface area is 81.7 Å². The lowest BCUT2D eigenvalue weighted by atomic mass is 10.2. The topological polar surface area (TPSA) is 76.0 Å². The van der Waals surface area contributed by atoms with Crippen LogP contribution in [0.2, 0.25) is 0 Å². The van der Waals surface area contributed by atoms with Crippen LogP contribution in [0.3, 0.4) is 0 Å². The number of nitrogen functional groups attached to an aromatic ring is 1. The molecule has 0 saturated heterocycles. The van der Waals surface area contributed by atoms with Gasteiger partial charge in [-0.25, -0.2) is 8.78 Å². The second kappa shape index (κ2) is 3.75. The highest BCUT2D eigenvalue weighted by molar-refractivity contribution is 6.68. The molecule has 0 radical (unpaired) electrons. The largest absolute Gasteiger partial charge is 0.397 e. The lowest BCUT2D eigenvalue weighted by Crippen LogP contribution is -2.15. The minimum Gasteiger partial charge on any atom is -0.397 e. The van der Waals surface area contributed by atoms with Crippen molar-refractivity contribution in [3.63, 3.8) is 0 Å². The standard InChI is InChI=1S/C7H5ClF2N2O2/c8-6(14)2-1-3(13)12-5(4(2)11)7(9)10/h1,7H,11H2,(H,12,13). The average molecular weight is 223 g/mol. The molecule has 0 aliphatic heterocycles. The minimum absolute atomic E-state index is 0.411. The molecule has 0 spiro atoms. The molecule has 0 saturated carbocycles. The van der Waals surface area contributed by atoms with Gasteiger partial charge in [-0.2, -0.15) is 0 Å². The first kappa shape index (κ1) is 10.6. The molecule has 7 heteroatoms. The molecule has 1 aromatic rings. The van der Waals surface area contributed by atoms with Crippen LogP contribution in [0.15, 0.2) is 10.9 Å². The maximum atomic E-state index is 12.2. The van der Waals surface area contributed by atoms with Gasteiger partial charge in [0.25, 0.3) is 11.7 Å². The number of carbonyl (C=O) groups excluding carboxylic acids is 1. The van der Waals surface area contributed by atoms with Crippen molar-refractivity contribution in [1.29, 1.82) is 0 Å². The van der Waals surface area contributed by atoms with Crippen LogP contribution in [0, 0.1) is 0 Å². The van der Waals surface area contributed by atoms with E-state index in [1.54, 1.807) is 0 Å². The van der Waals surface area contributed by atoms with Crippen molar-refractivity contribution in [1.82, 2.24) is 4.98 Å². The van der Waals surface area contributed by atoms with Crippen LogP contribution >= 0.6 is 11.6 Å². The second-order valence-corrected chi connectivity index (χ2v) is 2.79. The number of carbonyl (C=O) groups is 1. The number of rotatable bonds is 2. The number of halogens is 3. The molecule has 3 N–H and O–H groups in total. The molecule has 0 aliphatic rings. The predicted molar refractivity (Wildman–Crippen MR) is 46.6 cm³/mol. The molecular formula is C7H5ClF2N2O2. The van der Waals surface area contributed by atoms with E-state index in [2.05, 4.69) is 0 Å². The van der Waals surface area contributed by atoms with E-state index < -0.39 is 34.2 Å². The van der Waals surface area contributed by atoms with E-state index in [9.17, 15) is 18.4 Å². The average Bonchev–Trinajstić information content (AvgIpc) is 2.07. The molecule has 0 unspecified atom stereocenters. The van der Waals surface area contributed by atoms with Crippen LogP contribution in [0.1, 0.15) is 22.5 Å². The fraction of sp³-hybridized carbons (Fsp3) is 0.143. The van der Waals surface area contributed by atoms with Crippen LogP contribution < -0.4 is 11.3 Å². The summed E-state index contributed by atoms with van der Waals surface area (Å²) in [6.45, 7) is 0. The molecule has 76 valence electrons. The van der Waals surface area contributed by atoms with E-state index in [0.29, 0.717) is 0 Å². The van der Waals surface area contributed by atoms with Gasteiger partial charge in [0.05, 0.1) is 11.3 Å². The third-order valence-corrected chi connectivity index (χ3v) is 1.75. The van der Waals surface area contributed by atoms with E-state index in [-0.39, 0.29) is 0 Å². The summed E-state index contributed by atoms with van der Waals surface area (Å²) in [5.74, 6) is 0. The zero-order valence-corrected chi connectivity index (χ0v) is 7.44. The number of hydrogen-bond acceptors (Lipinski definition) is 3. The third kappa shape index (κ3) is 1.90. The predicted octanol–water partition coefficient (Wildman–Crippen LogP) is 1.27. The van der Waals surface area contributed by atoms with E-state index in [1.165, 1.54) is 0 Å². The summed E-state index contributed by atoms with van der Waals surface area (Å²) in [5, 5.41) is -1.05. The van der Waals surface area contributed by atoms with E-state index in [1.807, 2.05) is 4.98 Å². The van der Waals surface area contributed by atoms with Gasteiger partial charge in [0.15, 0.2) is 0 Å². The minimum atomic E-state index is -2.96. The molecule has 0 fully saturated rings. The summed E-state index contributed by atoms with van der Waals surface area (Å²) in [6.07, 6.45) is -2.96. The Bertz CT molecular complexity index is 430. The Hall–Kier alpha value is -1.43. The normalized spacial score (nSPS) is 10.6. The summed E-state index contributed by atoms with van der Waals surface area (Å²) in [5.41, 5.74) is 2.65. The molecule has 1 heterocycles. The van der Waals surface area contributed by atoms with Gasteiger partial charge in [-0.05, 0) is 11.6 Å². The van der Waals surface area contributed by atoms with E-state index in [0.717, 1.165) is 6.07 Å². The number of aromatic nitrogens is 1. The summed E-state index contributed by atoms with van der Waals surface area (Å²) in [6, 6.07) is 0.774. The zero-order chi connectivity index (χ0) is 10.9. The second-order valence-electron chi connectivity index (χ2n) is 2.45. The molecule has 1 rings (SSSR count). The Morgan fingerprint density at radius 3 is 2.57 bits per heavy atom. The van der Waals surface area contributed by atoms with Crippen molar-refractivity contribution in [2.45, 2.75) is 6.43 Å². The van der Waals surface area contributed by atoms with Crippen molar-refractivity contribution in [3.8, 4) is 0 Å². The quantitative estimate of drug-likeness (QED) is 0.740. The van der Waals surface area contributed by atoms with Gasteiger partial charge in [-0.3, -0.25) is 9.59 Å². The molecular weight excluding hydrogens is 218 g/mol. The number of nitrogens with two attached hydrogens (primary N) is 1. The van der Waals surface area contributed by atoms with Gasteiger partial charge in [0.2, 0.25) is 5.56 Å². The van der Waals surface area contributed by atoms with Crippen molar-refractivity contribution in [2.24, 2.45) is 0 Å². The van der Waals surface area contributed by atoms with Crippen LogP contribution in [0.5, 0.6) is 0 Å². The number of alkyl halides is 2. The SMILES string of the molecule is Nc1c(C(=O)Cl)cc(=O)[nH]c1C(F)F. The number of pyridine rings is 1. The van der Waals surface area contributed by atoms with Crippen LogP contribution in [-0.2, 0) is 0 Å². The molecule has 0 bridgehead atoms. The van der Waals surface area contributed by atoms with Crippen LogP contribution in [0.25, 0.3) is 0 Å². The molecule has 0 aromatic carbocycles. The smallest absolute Gasteiger partial charge is 0.280 e.